The number of carbonyl (C=O) groups is 4. The second-order valence-corrected chi connectivity index (χ2v) is 10.6. The lowest BCUT2D eigenvalue weighted by atomic mass is 9.93. The fourth-order valence-corrected chi connectivity index (χ4v) is 5.69. The van der Waals surface area contributed by atoms with Crippen LogP contribution < -0.4 is 21.7 Å². The molecular formula is C25H34N6O4S. The Morgan fingerprint density at radius 3 is 2.56 bits per heavy atom. The molecule has 0 saturated carbocycles. The van der Waals surface area contributed by atoms with E-state index in [1.54, 1.807) is 34.8 Å². The third kappa shape index (κ3) is 6.14. The van der Waals surface area contributed by atoms with Gasteiger partial charge in [0.15, 0.2) is 0 Å². The minimum absolute atomic E-state index is 0.00410. The molecule has 11 heteroatoms. The summed E-state index contributed by atoms with van der Waals surface area (Å²) in [5, 5.41) is 11.0. The zero-order valence-corrected chi connectivity index (χ0v) is 21.3. The predicted octanol–water partition coefficient (Wildman–Crippen LogP) is 0.388. The Kier molecular flexibility index (Phi) is 8.42. The molecule has 2 aromatic heterocycles. The number of rotatable bonds is 8. The zero-order chi connectivity index (χ0) is 25.7. The first-order chi connectivity index (χ1) is 17.3. The molecule has 2 aromatic rings. The number of likely N-dealkylation sites (tertiary alicyclic amines) is 1. The molecule has 0 bridgehead atoms. The number of nitrogens with one attached hydrogen (secondary N) is 3. The van der Waals surface area contributed by atoms with E-state index in [-0.39, 0.29) is 36.6 Å². The van der Waals surface area contributed by atoms with Crippen LogP contribution in [0.3, 0.4) is 0 Å². The van der Waals surface area contributed by atoms with Crippen LogP contribution in [0.15, 0.2) is 35.8 Å². The second-order valence-electron chi connectivity index (χ2n) is 9.52. The van der Waals surface area contributed by atoms with E-state index in [0.717, 1.165) is 30.8 Å². The van der Waals surface area contributed by atoms with Crippen molar-refractivity contribution >= 4 is 35.0 Å². The average molecular weight is 515 g/mol. The Labute approximate surface area is 214 Å². The van der Waals surface area contributed by atoms with Crippen molar-refractivity contribution in [1.82, 2.24) is 25.4 Å². The highest BCUT2D eigenvalue weighted by Gasteiger charge is 2.39. The van der Waals surface area contributed by atoms with Gasteiger partial charge in [0.2, 0.25) is 17.7 Å². The molecule has 4 heterocycles. The molecule has 4 amide bonds. The predicted molar refractivity (Wildman–Crippen MR) is 136 cm³/mol. The molecule has 0 spiro atoms. The van der Waals surface area contributed by atoms with Crippen molar-refractivity contribution in [3.8, 4) is 0 Å². The third-order valence-corrected chi connectivity index (χ3v) is 7.93. The van der Waals surface area contributed by atoms with Crippen LogP contribution in [0.2, 0.25) is 0 Å². The Bertz CT molecular complexity index is 1080. The number of aryl methyl sites for hydroxylation is 1. The number of piperidine rings is 2. The van der Waals surface area contributed by atoms with Gasteiger partial charge in [-0.05, 0) is 62.4 Å². The van der Waals surface area contributed by atoms with Gasteiger partial charge in [-0.15, -0.1) is 11.3 Å². The molecule has 5 N–H and O–H groups in total. The van der Waals surface area contributed by atoms with Gasteiger partial charge in [0.05, 0.1) is 0 Å². The first-order valence-electron chi connectivity index (χ1n) is 12.4. The summed E-state index contributed by atoms with van der Waals surface area (Å²) in [6, 6.07) is 5.26. The first kappa shape index (κ1) is 25.9. The maximum atomic E-state index is 13.5. The summed E-state index contributed by atoms with van der Waals surface area (Å²) in [5.74, 6) is -1.40. The SMILES string of the molecule is Cn1cccc1C(=O)N1CC[C@H](NC(=O)C2CCNCC2)C[C@H]1C(=O)N[C@@H](Cc1cccs1)C(N)=O. The lowest BCUT2D eigenvalue weighted by Crippen LogP contribution is -2.60. The van der Waals surface area contributed by atoms with Crippen molar-refractivity contribution in [3.05, 3.63) is 46.4 Å². The summed E-state index contributed by atoms with van der Waals surface area (Å²) in [6.45, 7) is 1.93. The molecule has 2 aliphatic rings. The highest BCUT2D eigenvalue weighted by molar-refractivity contribution is 7.09. The van der Waals surface area contributed by atoms with Gasteiger partial charge < -0.3 is 31.2 Å². The normalized spacial score (nSPS) is 21.5. The Morgan fingerprint density at radius 1 is 1.14 bits per heavy atom. The number of nitrogens with two attached hydrogens (primary N) is 1. The fraction of sp³-hybridized carbons (Fsp3) is 0.520. The van der Waals surface area contributed by atoms with Gasteiger partial charge in [-0.25, -0.2) is 0 Å². The van der Waals surface area contributed by atoms with Crippen LogP contribution in [-0.2, 0) is 27.9 Å². The number of nitrogens with zero attached hydrogens (tertiary/aromatic N) is 2. The van der Waals surface area contributed by atoms with Crippen molar-refractivity contribution in [2.75, 3.05) is 19.6 Å². The lowest BCUT2D eigenvalue weighted by Gasteiger charge is -2.39. The molecule has 2 saturated heterocycles. The number of amides is 4. The number of hydrogen-bond donors (Lipinski definition) is 4. The number of thiophene rings is 1. The van der Waals surface area contributed by atoms with E-state index in [9.17, 15) is 19.2 Å². The smallest absolute Gasteiger partial charge is 0.271 e. The summed E-state index contributed by atoms with van der Waals surface area (Å²) in [7, 11) is 1.78. The van der Waals surface area contributed by atoms with Crippen LogP contribution >= 0.6 is 11.3 Å². The number of hydrogen-bond acceptors (Lipinski definition) is 6. The van der Waals surface area contributed by atoms with Crippen LogP contribution in [0.5, 0.6) is 0 Å². The van der Waals surface area contributed by atoms with Gasteiger partial charge >= 0.3 is 0 Å². The van der Waals surface area contributed by atoms with Crippen molar-refractivity contribution in [3.63, 3.8) is 0 Å². The van der Waals surface area contributed by atoms with Crippen molar-refractivity contribution in [2.45, 2.75) is 50.2 Å². The highest BCUT2D eigenvalue weighted by Crippen LogP contribution is 2.23. The maximum absolute atomic E-state index is 13.5. The Morgan fingerprint density at radius 2 is 1.92 bits per heavy atom. The highest BCUT2D eigenvalue weighted by atomic mass is 32.1. The lowest BCUT2D eigenvalue weighted by molar-refractivity contribution is -0.132. The van der Waals surface area contributed by atoms with E-state index < -0.39 is 23.9 Å². The second kappa shape index (κ2) is 11.7. The van der Waals surface area contributed by atoms with Gasteiger partial charge in [0.25, 0.3) is 5.91 Å². The minimum atomic E-state index is -0.896. The van der Waals surface area contributed by atoms with Crippen LogP contribution in [0, 0.1) is 5.92 Å². The summed E-state index contributed by atoms with van der Waals surface area (Å²) in [4.78, 5) is 54.4. The molecule has 194 valence electrons. The number of primary amides is 1. The number of aromatic nitrogens is 1. The zero-order valence-electron chi connectivity index (χ0n) is 20.4. The molecule has 10 nitrogen and oxygen atoms in total. The molecule has 4 rings (SSSR count). The summed E-state index contributed by atoms with van der Waals surface area (Å²) < 4.78 is 1.71. The quantitative estimate of drug-likeness (QED) is 0.404. The van der Waals surface area contributed by atoms with E-state index >= 15 is 0 Å². The van der Waals surface area contributed by atoms with E-state index in [4.69, 9.17) is 5.73 Å². The van der Waals surface area contributed by atoms with E-state index in [0.29, 0.717) is 18.7 Å². The molecule has 3 atom stereocenters. The van der Waals surface area contributed by atoms with E-state index in [1.807, 2.05) is 17.5 Å². The fourth-order valence-electron chi connectivity index (χ4n) is 4.94. The van der Waals surface area contributed by atoms with E-state index in [1.165, 1.54) is 11.3 Å². The van der Waals surface area contributed by atoms with Crippen molar-refractivity contribution in [1.29, 1.82) is 0 Å². The van der Waals surface area contributed by atoms with Gasteiger partial charge in [0.1, 0.15) is 17.8 Å². The van der Waals surface area contributed by atoms with Gasteiger partial charge in [-0.3, -0.25) is 19.2 Å². The van der Waals surface area contributed by atoms with Crippen molar-refractivity contribution < 1.29 is 19.2 Å². The largest absolute Gasteiger partial charge is 0.368 e. The molecule has 0 aromatic carbocycles. The molecule has 0 radical (unpaired) electrons. The number of carbonyl (C=O) groups excluding carboxylic acids is 4. The standard InChI is InChI=1S/C25H34N6O4S/c1-30-11-2-5-20(30)25(35)31-12-8-17(28-23(33)16-6-9-27-10-7-16)14-21(31)24(34)29-19(22(26)32)15-18-4-3-13-36-18/h2-5,11,13,16-17,19,21,27H,6-10,12,14-15H2,1H3,(H2,26,32)(H,28,33)(H,29,34)/t17-,19-,21-/m0/s1. The van der Waals surface area contributed by atoms with Crippen LogP contribution in [0.4, 0.5) is 0 Å². The topological polar surface area (TPSA) is 139 Å². The molecule has 2 aliphatic heterocycles. The van der Waals surface area contributed by atoms with Gasteiger partial charge in [0, 0.05) is 43.0 Å². The first-order valence-corrected chi connectivity index (χ1v) is 13.3. The van der Waals surface area contributed by atoms with Gasteiger partial charge in [-0.2, -0.15) is 0 Å². The van der Waals surface area contributed by atoms with Crippen LogP contribution in [0.25, 0.3) is 0 Å². The molecular weight excluding hydrogens is 480 g/mol. The minimum Gasteiger partial charge on any atom is -0.368 e. The summed E-state index contributed by atoms with van der Waals surface area (Å²) in [5.41, 5.74) is 6.07. The maximum Gasteiger partial charge on any atom is 0.271 e. The monoisotopic (exact) mass is 514 g/mol. The summed E-state index contributed by atoms with van der Waals surface area (Å²) in [6.07, 6.45) is 4.44. The van der Waals surface area contributed by atoms with Crippen LogP contribution in [-0.4, -0.2) is 70.9 Å². The third-order valence-electron chi connectivity index (χ3n) is 7.03. The van der Waals surface area contributed by atoms with Gasteiger partial charge in [-0.1, -0.05) is 6.07 Å². The average Bonchev–Trinajstić information content (AvgIpc) is 3.55. The molecule has 0 unspecified atom stereocenters. The van der Waals surface area contributed by atoms with E-state index in [2.05, 4.69) is 16.0 Å². The molecule has 36 heavy (non-hydrogen) atoms. The Balaban J connectivity index is 1.50. The Hall–Kier alpha value is -3.18. The molecule has 2 fully saturated rings. The van der Waals surface area contributed by atoms with Crippen molar-refractivity contribution in [2.24, 2.45) is 18.7 Å². The van der Waals surface area contributed by atoms with Crippen LogP contribution in [0.1, 0.15) is 41.0 Å². The molecule has 0 aliphatic carbocycles. The summed E-state index contributed by atoms with van der Waals surface area (Å²) >= 11 is 1.48.